The number of fused-ring (bicyclic) bond motifs is 2. The van der Waals surface area contributed by atoms with Crippen LogP contribution in [0.3, 0.4) is 0 Å². The van der Waals surface area contributed by atoms with Crippen molar-refractivity contribution in [1.82, 2.24) is 4.90 Å². The Kier molecular flexibility index (Phi) is 12.0. The maximum absolute atomic E-state index is 14.4. The van der Waals surface area contributed by atoms with Gasteiger partial charge in [0, 0.05) is 22.6 Å². The minimum absolute atomic E-state index is 0.0379. The molecule has 0 aliphatic carbocycles. The highest BCUT2D eigenvalue weighted by atomic mass is 16.2. The lowest BCUT2D eigenvalue weighted by atomic mass is 9.84. The first kappa shape index (κ1) is 34.4. The molecule has 254 valence electrons. The molecule has 0 radical (unpaired) electrons. The molecule has 0 unspecified atom stereocenters. The summed E-state index contributed by atoms with van der Waals surface area (Å²) in [4.78, 5) is 30.6. The Morgan fingerprint density at radius 1 is 0.438 bits per heavy atom. The molecule has 48 heavy (non-hydrogen) atoms. The zero-order valence-corrected chi connectivity index (χ0v) is 29.8. The largest absolute Gasteiger partial charge is 0.271 e. The molecule has 3 heteroatoms. The van der Waals surface area contributed by atoms with Crippen molar-refractivity contribution in [3.05, 3.63) is 71.8 Å². The van der Waals surface area contributed by atoms with Gasteiger partial charge in [0.25, 0.3) is 11.8 Å². The molecule has 0 saturated carbocycles. The van der Waals surface area contributed by atoms with E-state index in [1.807, 2.05) is 12.1 Å². The number of rotatable bonds is 21. The Hall–Kier alpha value is -3.46. The second-order valence-corrected chi connectivity index (χ2v) is 14.6. The summed E-state index contributed by atoms with van der Waals surface area (Å²) in [6.07, 6.45) is 24.8. The van der Waals surface area contributed by atoms with Crippen LogP contribution in [0.5, 0.6) is 0 Å². The Balaban J connectivity index is 1.21. The molecule has 1 heterocycles. The molecule has 5 aromatic rings. The summed E-state index contributed by atoms with van der Waals surface area (Å²) >= 11 is 0. The maximum atomic E-state index is 14.4. The van der Waals surface area contributed by atoms with E-state index in [4.69, 9.17) is 0 Å². The zero-order valence-electron chi connectivity index (χ0n) is 29.8. The summed E-state index contributed by atoms with van der Waals surface area (Å²) in [5.41, 5.74) is 1.39. The molecular formula is C45H57NO2. The molecule has 1 aliphatic heterocycles. The number of imide groups is 1. The Labute approximate surface area is 288 Å². The second-order valence-electron chi connectivity index (χ2n) is 14.6. The van der Waals surface area contributed by atoms with Crippen molar-refractivity contribution in [3.63, 3.8) is 0 Å². The Morgan fingerprint density at radius 2 is 0.833 bits per heavy atom. The first-order valence-electron chi connectivity index (χ1n) is 19.7. The number of carbonyl (C=O) groups excluding carboxylic acids is 2. The highest BCUT2D eigenvalue weighted by molar-refractivity contribution is 6.38. The van der Waals surface area contributed by atoms with Gasteiger partial charge in [0.15, 0.2) is 0 Å². The summed E-state index contributed by atoms with van der Waals surface area (Å²) in [6.45, 7) is 4.54. The van der Waals surface area contributed by atoms with E-state index < -0.39 is 0 Å². The van der Waals surface area contributed by atoms with E-state index in [9.17, 15) is 9.59 Å². The maximum Gasteiger partial charge on any atom is 0.261 e. The van der Waals surface area contributed by atoms with Gasteiger partial charge in [-0.05, 0) is 62.7 Å². The molecule has 2 amide bonds. The SMILES string of the molecule is CCCCCCCCCCCC(CCCCCCCCCCC)N1C(=O)c2ccc3c4cccc5cccc(c6ccc(c2c36)C1=O)c54. The number of benzene rings is 5. The van der Waals surface area contributed by atoms with Gasteiger partial charge in [-0.1, -0.05) is 178 Å². The monoisotopic (exact) mass is 643 g/mol. The van der Waals surface area contributed by atoms with Crippen LogP contribution in [-0.2, 0) is 0 Å². The average molecular weight is 644 g/mol. The Morgan fingerprint density at radius 3 is 1.27 bits per heavy atom. The molecule has 0 aromatic heterocycles. The van der Waals surface area contributed by atoms with Gasteiger partial charge in [-0.25, -0.2) is 0 Å². The summed E-state index contributed by atoms with van der Waals surface area (Å²) in [5.74, 6) is -0.185. The van der Waals surface area contributed by atoms with Crippen molar-refractivity contribution in [2.24, 2.45) is 0 Å². The van der Waals surface area contributed by atoms with E-state index in [1.165, 1.54) is 124 Å². The van der Waals surface area contributed by atoms with Gasteiger partial charge >= 0.3 is 0 Å². The van der Waals surface area contributed by atoms with E-state index in [2.05, 4.69) is 62.4 Å². The van der Waals surface area contributed by atoms with Gasteiger partial charge < -0.3 is 0 Å². The molecule has 1 aliphatic rings. The Bertz CT molecular complexity index is 1700. The van der Waals surface area contributed by atoms with E-state index in [-0.39, 0.29) is 17.9 Å². The number of amides is 2. The molecule has 0 fully saturated rings. The van der Waals surface area contributed by atoms with Gasteiger partial charge in [-0.3, -0.25) is 14.5 Å². The first-order chi connectivity index (χ1) is 23.7. The van der Waals surface area contributed by atoms with E-state index in [0.29, 0.717) is 11.1 Å². The lowest BCUT2D eigenvalue weighted by Crippen LogP contribution is -2.47. The number of unbranched alkanes of at least 4 members (excludes halogenated alkanes) is 16. The summed E-state index contributed by atoms with van der Waals surface area (Å²) < 4.78 is 0. The fourth-order valence-electron chi connectivity index (χ4n) is 8.56. The highest BCUT2D eigenvalue weighted by Crippen LogP contribution is 2.44. The minimum Gasteiger partial charge on any atom is -0.271 e. The van der Waals surface area contributed by atoms with Crippen LogP contribution < -0.4 is 0 Å². The fraction of sp³-hybridized carbons (Fsp3) is 0.511. The number of hydrogen-bond donors (Lipinski definition) is 0. The van der Waals surface area contributed by atoms with Gasteiger partial charge in [0.2, 0.25) is 0 Å². The van der Waals surface area contributed by atoms with Gasteiger partial charge in [-0.2, -0.15) is 0 Å². The molecule has 0 N–H and O–H groups in total. The first-order valence-corrected chi connectivity index (χ1v) is 19.7. The zero-order chi connectivity index (χ0) is 33.3. The van der Waals surface area contributed by atoms with Gasteiger partial charge in [0.1, 0.15) is 0 Å². The molecule has 0 bridgehead atoms. The average Bonchev–Trinajstić information content (AvgIpc) is 3.11. The van der Waals surface area contributed by atoms with Crippen LogP contribution in [0.2, 0.25) is 0 Å². The van der Waals surface area contributed by atoms with Crippen LogP contribution >= 0.6 is 0 Å². The van der Waals surface area contributed by atoms with Crippen molar-refractivity contribution in [1.29, 1.82) is 0 Å². The standard InChI is InChI=1S/C45H57NO2/c1-3-5-7-9-11-13-15-17-19-25-34(26-20-18-16-14-12-10-8-6-4-2)46-44(47)39-31-29-37-35-27-21-23-33-24-22-28-36(41(33)35)38-30-32-40(45(46)48)43(39)42(37)38/h21-24,27-32,34H,3-20,25-26H2,1-2H3. The van der Waals surface area contributed by atoms with Crippen molar-refractivity contribution in [2.45, 2.75) is 148 Å². The van der Waals surface area contributed by atoms with Crippen molar-refractivity contribution in [2.75, 3.05) is 0 Å². The topological polar surface area (TPSA) is 37.4 Å². The molecule has 6 rings (SSSR count). The van der Waals surface area contributed by atoms with E-state index in [1.54, 1.807) is 4.90 Å². The molecule has 5 aromatic carbocycles. The molecule has 0 atom stereocenters. The van der Waals surface area contributed by atoms with Crippen molar-refractivity contribution >= 4 is 54.9 Å². The summed E-state index contributed by atoms with van der Waals surface area (Å²) in [7, 11) is 0. The number of hydrogen-bond acceptors (Lipinski definition) is 2. The van der Waals surface area contributed by atoms with E-state index >= 15 is 0 Å². The van der Waals surface area contributed by atoms with Gasteiger partial charge in [0.05, 0.1) is 0 Å². The third kappa shape index (κ3) is 7.26. The molecule has 0 saturated heterocycles. The van der Waals surface area contributed by atoms with Crippen LogP contribution in [0.1, 0.15) is 163 Å². The van der Waals surface area contributed by atoms with Crippen LogP contribution in [0, 0.1) is 0 Å². The lowest BCUT2D eigenvalue weighted by Gasteiger charge is -2.34. The van der Waals surface area contributed by atoms with Crippen LogP contribution in [-0.4, -0.2) is 22.8 Å². The summed E-state index contributed by atoms with van der Waals surface area (Å²) in [5, 5.41) is 9.03. The number of nitrogens with zero attached hydrogens (tertiary/aromatic N) is 1. The smallest absolute Gasteiger partial charge is 0.261 e. The normalized spacial score (nSPS) is 13.4. The van der Waals surface area contributed by atoms with Crippen molar-refractivity contribution in [3.8, 4) is 0 Å². The third-order valence-electron chi connectivity index (χ3n) is 11.2. The number of carbonyl (C=O) groups is 2. The second kappa shape index (κ2) is 16.8. The van der Waals surface area contributed by atoms with E-state index in [0.717, 1.165) is 47.2 Å². The quantitative estimate of drug-likeness (QED) is 0.0345. The predicted octanol–water partition coefficient (Wildman–Crippen LogP) is 13.5. The minimum atomic E-state index is -0.0925. The predicted molar refractivity (Wildman–Crippen MR) is 206 cm³/mol. The summed E-state index contributed by atoms with van der Waals surface area (Å²) in [6, 6.07) is 21.2. The molecule has 3 nitrogen and oxygen atoms in total. The molecule has 0 spiro atoms. The lowest BCUT2D eigenvalue weighted by molar-refractivity contribution is 0.0517. The van der Waals surface area contributed by atoms with Gasteiger partial charge in [-0.15, -0.1) is 0 Å². The third-order valence-corrected chi connectivity index (χ3v) is 11.2. The highest BCUT2D eigenvalue weighted by Gasteiger charge is 2.38. The van der Waals surface area contributed by atoms with Crippen LogP contribution in [0.15, 0.2) is 60.7 Å². The molecular weight excluding hydrogens is 587 g/mol. The van der Waals surface area contributed by atoms with Crippen LogP contribution in [0.25, 0.3) is 43.1 Å². The van der Waals surface area contributed by atoms with Crippen molar-refractivity contribution < 1.29 is 9.59 Å². The van der Waals surface area contributed by atoms with Crippen LogP contribution in [0.4, 0.5) is 0 Å². The fourth-order valence-corrected chi connectivity index (χ4v) is 8.56.